The molecule has 2 N–H and O–H groups in total. The number of hydrogen-bond donors (Lipinski definition) is 2. The maximum absolute atomic E-state index is 12.2. The van der Waals surface area contributed by atoms with Crippen molar-refractivity contribution in [2.45, 2.75) is 6.10 Å². The van der Waals surface area contributed by atoms with Gasteiger partial charge in [-0.05, 0) is 29.0 Å². The van der Waals surface area contributed by atoms with Crippen LogP contribution in [-0.2, 0) is 4.74 Å². The normalized spacial score (nSPS) is 19.6. The molecule has 1 unspecified atom stereocenters. The topological polar surface area (TPSA) is 66.5 Å². The molecular weight excluding hydrogens is 324 g/mol. The van der Waals surface area contributed by atoms with Crippen molar-refractivity contribution in [1.82, 2.24) is 15.2 Å². The minimum absolute atomic E-state index is 0.0378. The summed E-state index contributed by atoms with van der Waals surface area (Å²) in [5, 5.41) is 5.82. The first-order valence-corrected chi connectivity index (χ1v) is 7.31. The number of morpholine rings is 1. The zero-order valence-electron chi connectivity index (χ0n) is 11.6. The average molecular weight is 343 g/mol. The summed E-state index contributed by atoms with van der Waals surface area (Å²) < 4.78 is 6.39. The Kier molecular flexibility index (Phi) is 5.33. The molecule has 20 heavy (non-hydrogen) atoms. The third-order valence-electron chi connectivity index (χ3n) is 3.17. The van der Waals surface area contributed by atoms with Gasteiger partial charge in [0.25, 0.3) is 5.91 Å². The second-order valence-electron chi connectivity index (χ2n) is 4.76. The van der Waals surface area contributed by atoms with Gasteiger partial charge in [-0.3, -0.25) is 4.79 Å². The zero-order chi connectivity index (χ0) is 14.5. The first-order valence-electron chi connectivity index (χ1n) is 6.52. The van der Waals surface area contributed by atoms with Gasteiger partial charge in [0.1, 0.15) is 5.82 Å². The summed E-state index contributed by atoms with van der Waals surface area (Å²) in [7, 11) is 3.79. The predicted molar refractivity (Wildman–Crippen MR) is 81.1 cm³/mol. The van der Waals surface area contributed by atoms with E-state index in [-0.39, 0.29) is 12.0 Å². The molecule has 110 valence electrons. The first-order chi connectivity index (χ1) is 9.60. The van der Waals surface area contributed by atoms with Crippen molar-refractivity contribution in [3.63, 3.8) is 0 Å². The van der Waals surface area contributed by atoms with E-state index in [4.69, 9.17) is 4.74 Å². The number of likely N-dealkylation sites (N-methyl/N-ethyl adjacent to an activating group) is 1. The minimum atomic E-state index is -0.153. The van der Waals surface area contributed by atoms with Gasteiger partial charge in [0.05, 0.1) is 18.3 Å². The van der Waals surface area contributed by atoms with Crippen LogP contribution < -0.4 is 10.6 Å². The number of nitrogens with one attached hydrogen (secondary N) is 2. The first kappa shape index (κ1) is 15.2. The lowest BCUT2D eigenvalue weighted by atomic mass is 10.2. The van der Waals surface area contributed by atoms with Gasteiger partial charge < -0.3 is 20.3 Å². The van der Waals surface area contributed by atoms with E-state index >= 15 is 0 Å². The third-order valence-corrected chi connectivity index (χ3v) is 3.60. The maximum atomic E-state index is 12.2. The van der Waals surface area contributed by atoms with Crippen molar-refractivity contribution in [2.75, 3.05) is 45.7 Å². The lowest BCUT2D eigenvalue weighted by molar-refractivity contribution is -0.0175. The van der Waals surface area contributed by atoms with E-state index in [1.54, 1.807) is 19.3 Å². The molecule has 1 aliphatic heterocycles. The van der Waals surface area contributed by atoms with Gasteiger partial charge in [0, 0.05) is 37.4 Å². The molecule has 1 atom stereocenters. The van der Waals surface area contributed by atoms with E-state index in [0.717, 1.165) is 17.6 Å². The Labute approximate surface area is 127 Å². The van der Waals surface area contributed by atoms with E-state index in [2.05, 4.69) is 43.5 Å². The monoisotopic (exact) mass is 342 g/mol. The molecular formula is C13H19BrN4O2. The van der Waals surface area contributed by atoms with Gasteiger partial charge in [0.2, 0.25) is 0 Å². The highest BCUT2D eigenvalue weighted by Gasteiger charge is 2.19. The predicted octanol–water partition coefficient (Wildman–Crippen LogP) is 0.946. The van der Waals surface area contributed by atoms with Crippen LogP contribution in [-0.4, -0.2) is 62.2 Å². The Morgan fingerprint density at radius 2 is 2.45 bits per heavy atom. The average Bonchev–Trinajstić information content (AvgIpc) is 2.45. The Bertz CT molecular complexity index is 483. The summed E-state index contributed by atoms with van der Waals surface area (Å²) in [6.45, 7) is 2.97. The van der Waals surface area contributed by atoms with E-state index in [1.165, 1.54) is 0 Å². The quantitative estimate of drug-likeness (QED) is 0.852. The van der Waals surface area contributed by atoms with Crippen LogP contribution in [0.3, 0.4) is 0 Å². The van der Waals surface area contributed by atoms with Crippen LogP contribution in [0, 0.1) is 0 Å². The fourth-order valence-corrected chi connectivity index (χ4v) is 2.43. The SMILES string of the molecule is CNc1ncc(Br)cc1C(=O)NCC1CN(C)CCO1. The second-order valence-corrected chi connectivity index (χ2v) is 5.68. The number of pyridine rings is 1. The molecule has 1 aromatic rings. The van der Waals surface area contributed by atoms with E-state index in [9.17, 15) is 4.79 Å². The van der Waals surface area contributed by atoms with Gasteiger partial charge in [-0.25, -0.2) is 4.98 Å². The Balaban J connectivity index is 1.96. The molecule has 1 aliphatic rings. The van der Waals surface area contributed by atoms with E-state index in [1.807, 2.05) is 0 Å². The van der Waals surface area contributed by atoms with Crippen molar-refractivity contribution in [2.24, 2.45) is 0 Å². The maximum Gasteiger partial charge on any atom is 0.255 e. The van der Waals surface area contributed by atoms with Crippen LogP contribution >= 0.6 is 15.9 Å². The van der Waals surface area contributed by atoms with Gasteiger partial charge in [-0.15, -0.1) is 0 Å². The number of carbonyl (C=O) groups excluding carboxylic acids is 1. The third kappa shape index (κ3) is 3.91. The zero-order valence-corrected chi connectivity index (χ0v) is 13.2. The number of anilines is 1. The van der Waals surface area contributed by atoms with Crippen LogP contribution in [0.2, 0.25) is 0 Å². The fourth-order valence-electron chi connectivity index (χ4n) is 2.10. The lowest BCUT2D eigenvalue weighted by Gasteiger charge is -2.30. The summed E-state index contributed by atoms with van der Waals surface area (Å²) in [6.07, 6.45) is 1.69. The number of rotatable bonds is 4. The van der Waals surface area contributed by atoms with Gasteiger partial charge in [-0.1, -0.05) is 0 Å². The van der Waals surface area contributed by atoms with Crippen LogP contribution in [0.25, 0.3) is 0 Å². The summed E-state index contributed by atoms with van der Waals surface area (Å²) in [5.74, 6) is 0.410. The molecule has 1 saturated heterocycles. The molecule has 0 saturated carbocycles. The molecule has 7 heteroatoms. The molecule has 0 aliphatic carbocycles. The van der Waals surface area contributed by atoms with Crippen LogP contribution in [0.4, 0.5) is 5.82 Å². The molecule has 0 spiro atoms. The Morgan fingerprint density at radius 1 is 1.65 bits per heavy atom. The molecule has 2 rings (SSSR count). The lowest BCUT2D eigenvalue weighted by Crippen LogP contribution is -2.46. The molecule has 1 fully saturated rings. The van der Waals surface area contributed by atoms with Crippen molar-refractivity contribution in [1.29, 1.82) is 0 Å². The molecule has 6 nitrogen and oxygen atoms in total. The molecule has 0 bridgehead atoms. The smallest absolute Gasteiger partial charge is 0.255 e. The van der Waals surface area contributed by atoms with Crippen molar-refractivity contribution >= 4 is 27.7 Å². The molecule has 1 aromatic heterocycles. The summed E-state index contributed by atoms with van der Waals surface area (Å²) in [5.41, 5.74) is 0.519. The number of halogens is 1. The Morgan fingerprint density at radius 3 is 3.15 bits per heavy atom. The fraction of sp³-hybridized carbons (Fsp3) is 0.538. The van der Waals surface area contributed by atoms with Crippen LogP contribution in [0.5, 0.6) is 0 Å². The molecule has 0 aromatic carbocycles. The molecule has 1 amide bonds. The summed E-state index contributed by atoms with van der Waals surface area (Å²) in [4.78, 5) is 18.6. The van der Waals surface area contributed by atoms with Gasteiger partial charge in [0.15, 0.2) is 0 Å². The minimum Gasteiger partial charge on any atom is -0.374 e. The molecule has 2 heterocycles. The molecule has 0 radical (unpaired) electrons. The highest BCUT2D eigenvalue weighted by atomic mass is 79.9. The second kappa shape index (κ2) is 7.01. The van der Waals surface area contributed by atoms with E-state index < -0.39 is 0 Å². The number of nitrogens with zero attached hydrogens (tertiary/aromatic N) is 2. The Hall–Kier alpha value is -1.18. The van der Waals surface area contributed by atoms with Crippen LogP contribution in [0.1, 0.15) is 10.4 Å². The highest BCUT2D eigenvalue weighted by molar-refractivity contribution is 9.10. The number of hydrogen-bond acceptors (Lipinski definition) is 5. The van der Waals surface area contributed by atoms with Crippen molar-refractivity contribution in [3.8, 4) is 0 Å². The summed E-state index contributed by atoms with van der Waals surface area (Å²) >= 11 is 3.33. The van der Waals surface area contributed by atoms with Crippen LogP contribution in [0.15, 0.2) is 16.7 Å². The number of aromatic nitrogens is 1. The van der Waals surface area contributed by atoms with E-state index in [0.29, 0.717) is 24.5 Å². The summed E-state index contributed by atoms with van der Waals surface area (Å²) in [6, 6.07) is 1.75. The van der Waals surface area contributed by atoms with Gasteiger partial charge >= 0.3 is 0 Å². The number of carbonyl (C=O) groups is 1. The number of amides is 1. The standard InChI is InChI=1S/C13H19BrN4O2/c1-15-12-11(5-9(14)6-16-12)13(19)17-7-10-8-18(2)3-4-20-10/h5-6,10H,3-4,7-8H2,1-2H3,(H,15,16)(H,17,19). The van der Waals surface area contributed by atoms with Crippen molar-refractivity contribution in [3.05, 3.63) is 22.3 Å². The van der Waals surface area contributed by atoms with Gasteiger partial charge in [-0.2, -0.15) is 0 Å². The largest absolute Gasteiger partial charge is 0.374 e. The number of ether oxygens (including phenoxy) is 1. The highest BCUT2D eigenvalue weighted by Crippen LogP contribution is 2.17. The van der Waals surface area contributed by atoms with Crippen molar-refractivity contribution < 1.29 is 9.53 Å².